The smallest absolute Gasteiger partial charge is 0.138 e. The van der Waals surface area contributed by atoms with Gasteiger partial charge in [-0.15, -0.1) is 0 Å². The minimum absolute atomic E-state index is 0.0787. The predicted molar refractivity (Wildman–Crippen MR) is 87.3 cm³/mol. The van der Waals surface area contributed by atoms with Crippen LogP contribution in [0.15, 0.2) is 0 Å². The first-order valence-corrected chi connectivity index (χ1v) is 8.24. The Balaban J connectivity index is 1.75. The molecule has 21 heavy (non-hydrogen) atoms. The Morgan fingerprint density at radius 3 is 2.19 bits per heavy atom. The van der Waals surface area contributed by atoms with Crippen LogP contribution in [0.25, 0.3) is 0 Å². The summed E-state index contributed by atoms with van der Waals surface area (Å²) in [4.78, 5) is 9.19. The van der Waals surface area contributed by atoms with E-state index >= 15 is 0 Å². The number of hydrogen-bond donors (Lipinski definition) is 2. The minimum Gasteiger partial charge on any atom is -0.383 e. The monoisotopic (exact) mass is 288 g/mol. The molecule has 4 nitrogen and oxygen atoms in total. The molecule has 0 unspecified atom stereocenters. The van der Waals surface area contributed by atoms with E-state index < -0.39 is 0 Å². The van der Waals surface area contributed by atoms with Crippen molar-refractivity contribution in [3.63, 3.8) is 0 Å². The minimum atomic E-state index is -0.0787. The summed E-state index contributed by atoms with van der Waals surface area (Å²) in [6.07, 6.45) is 5.67. The summed E-state index contributed by atoms with van der Waals surface area (Å²) in [5.74, 6) is 5.09. The zero-order chi connectivity index (χ0) is 15.2. The van der Waals surface area contributed by atoms with Crippen molar-refractivity contribution in [3.05, 3.63) is 11.4 Å². The first-order chi connectivity index (χ1) is 9.86. The third-order valence-corrected chi connectivity index (χ3v) is 4.81. The van der Waals surface area contributed by atoms with Crippen LogP contribution < -0.4 is 11.1 Å². The summed E-state index contributed by atoms with van der Waals surface area (Å²) in [6.45, 7) is 9.41. The number of nitrogens with two attached hydrogens (primary N) is 1. The van der Waals surface area contributed by atoms with Crippen LogP contribution in [0.3, 0.4) is 0 Å². The van der Waals surface area contributed by atoms with E-state index in [4.69, 9.17) is 10.7 Å². The predicted octanol–water partition coefficient (Wildman–Crippen LogP) is 3.51. The van der Waals surface area contributed by atoms with Crippen LogP contribution in [-0.4, -0.2) is 16.5 Å². The van der Waals surface area contributed by atoms with E-state index in [1.807, 2.05) is 6.92 Å². The van der Waals surface area contributed by atoms with Crippen LogP contribution in [0.5, 0.6) is 0 Å². The Bertz CT molecular complexity index is 512. The fourth-order valence-corrected chi connectivity index (χ4v) is 3.02. The van der Waals surface area contributed by atoms with Crippen LogP contribution >= 0.6 is 0 Å². The molecule has 0 atom stereocenters. The maximum absolute atomic E-state index is 6.08. The lowest BCUT2D eigenvalue weighted by Gasteiger charge is -2.22. The summed E-state index contributed by atoms with van der Waals surface area (Å²) in [5, 5.41) is 3.58. The zero-order valence-electron chi connectivity index (χ0n) is 13.7. The molecule has 0 saturated heterocycles. The molecule has 0 aliphatic heterocycles. The highest BCUT2D eigenvalue weighted by atomic mass is 15.1. The third kappa shape index (κ3) is 3.30. The van der Waals surface area contributed by atoms with Crippen molar-refractivity contribution >= 4 is 11.6 Å². The molecule has 0 aromatic carbocycles. The van der Waals surface area contributed by atoms with Crippen molar-refractivity contribution in [2.45, 2.75) is 58.8 Å². The van der Waals surface area contributed by atoms with E-state index in [1.54, 1.807) is 0 Å². The molecular weight excluding hydrogens is 260 g/mol. The number of rotatable bonds is 5. The Morgan fingerprint density at radius 1 is 1.14 bits per heavy atom. The zero-order valence-corrected chi connectivity index (χ0v) is 13.7. The standard InChI is InChI=1S/C17H28N4/c1-10-14(18)20-16(17(2,3)4)21-15(10)19-9-13(11-5-6-11)12-7-8-12/h11-13H,5-9H2,1-4H3,(H3,18,19,20,21). The molecule has 3 rings (SSSR count). The molecule has 1 aromatic heterocycles. The summed E-state index contributed by atoms with van der Waals surface area (Å²) < 4.78 is 0. The number of anilines is 2. The Morgan fingerprint density at radius 2 is 1.71 bits per heavy atom. The molecule has 2 aliphatic rings. The number of nitrogens with one attached hydrogen (secondary N) is 1. The van der Waals surface area contributed by atoms with Crippen molar-refractivity contribution in [1.29, 1.82) is 0 Å². The van der Waals surface area contributed by atoms with E-state index in [0.29, 0.717) is 5.82 Å². The number of aromatic nitrogens is 2. The van der Waals surface area contributed by atoms with Gasteiger partial charge in [0.1, 0.15) is 17.5 Å². The largest absolute Gasteiger partial charge is 0.383 e. The maximum atomic E-state index is 6.08. The van der Waals surface area contributed by atoms with E-state index in [1.165, 1.54) is 25.7 Å². The molecule has 1 heterocycles. The second-order valence-electron chi connectivity index (χ2n) is 7.88. The molecule has 116 valence electrons. The van der Waals surface area contributed by atoms with Gasteiger partial charge in [-0.3, -0.25) is 0 Å². The third-order valence-electron chi connectivity index (χ3n) is 4.81. The van der Waals surface area contributed by atoms with Gasteiger partial charge in [0.2, 0.25) is 0 Å². The molecule has 4 heteroatoms. The average molecular weight is 288 g/mol. The van der Waals surface area contributed by atoms with E-state index in [9.17, 15) is 0 Å². The molecule has 0 amide bonds. The van der Waals surface area contributed by atoms with E-state index in [2.05, 4.69) is 31.1 Å². The van der Waals surface area contributed by atoms with Gasteiger partial charge in [-0.25, -0.2) is 9.97 Å². The lowest BCUT2D eigenvalue weighted by molar-refractivity contribution is 0.427. The fourth-order valence-electron chi connectivity index (χ4n) is 3.02. The molecule has 2 saturated carbocycles. The van der Waals surface area contributed by atoms with Crippen molar-refractivity contribution in [1.82, 2.24) is 9.97 Å². The highest BCUT2D eigenvalue weighted by molar-refractivity contribution is 5.55. The van der Waals surface area contributed by atoms with Gasteiger partial charge >= 0.3 is 0 Å². The van der Waals surface area contributed by atoms with Crippen LogP contribution in [-0.2, 0) is 5.41 Å². The molecule has 3 N–H and O–H groups in total. The van der Waals surface area contributed by atoms with Crippen molar-refractivity contribution in [2.24, 2.45) is 17.8 Å². The van der Waals surface area contributed by atoms with E-state index in [0.717, 1.165) is 41.5 Å². The molecule has 2 aliphatic carbocycles. The van der Waals surface area contributed by atoms with E-state index in [-0.39, 0.29) is 5.41 Å². The normalized spacial score (nSPS) is 19.1. The Labute approximate surface area is 127 Å². The maximum Gasteiger partial charge on any atom is 0.138 e. The van der Waals surface area contributed by atoms with Gasteiger partial charge in [0, 0.05) is 17.5 Å². The lowest BCUT2D eigenvalue weighted by atomic mass is 9.95. The molecular formula is C17H28N4. The number of nitrogen functional groups attached to an aromatic ring is 1. The van der Waals surface area contributed by atoms with Crippen LogP contribution in [0.4, 0.5) is 11.6 Å². The van der Waals surface area contributed by atoms with Gasteiger partial charge in [-0.2, -0.15) is 0 Å². The Kier molecular flexibility index (Phi) is 3.58. The molecule has 0 radical (unpaired) electrons. The second kappa shape index (κ2) is 5.15. The van der Waals surface area contributed by atoms with Gasteiger partial charge in [0.05, 0.1) is 0 Å². The summed E-state index contributed by atoms with van der Waals surface area (Å²) in [5.41, 5.74) is 6.98. The van der Waals surface area contributed by atoms with Crippen molar-refractivity contribution < 1.29 is 0 Å². The van der Waals surface area contributed by atoms with Crippen LogP contribution in [0, 0.1) is 24.7 Å². The van der Waals surface area contributed by atoms with Gasteiger partial charge in [-0.1, -0.05) is 20.8 Å². The van der Waals surface area contributed by atoms with Gasteiger partial charge in [0.25, 0.3) is 0 Å². The lowest BCUT2D eigenvalue weighted by Crippen LogP contribution is -2.22. The number of hydrogen-bond acceptors (Lipinski definition) is 4. The van der Waals surface area contributed by atoms with Gasteiger partial charge < -0.3 is 11.1 Å². The fraction of sp³-hybridized carbons (Fsp3) is 0.765. The summed E-state index contributed by atoms with van der Waals surface area (Å²) in [7, 11) is 0. The SMILES string of the molecule is Cc1c(N)nc(C(C)(C)C)nc1NCC(C1CC1)C1CC1. The highest BCUT2D eigenvalue weighted by Gasteiger charge is 2.41. The summed E-state index contributed by atoms with van der Waals surface area (Å²) in [6, 6.07) is 0. The number of nitrogens with zero attached hydrogens (tertiary/aromatic N) is 2. The van der Waals surface area contributed by atoms with Gasteiger partial charge in [-0.05, 0) is 50.4 Å². The topological polar surface area (TPSA) is 63.8 Å². The van der Waals surface area contributed by atoms with Crippen LogP contribution in [0.2, 0.25) is 0 Å². The van der Waals surface area contributed by atoms with Gasteiger partial charge in [0.15, 0.2) is 0 Å². The molecule has 2 fully saturated rings. The molecule has 0 spiro atoms. The highest BCUT2D eigenvalue weighted by Crippen LogP contribution is 2.49. The first kappa shape index (κ1) is 14.6. The van der Waals surface area contributed by atoms with Crippen molar-refractivity contribution in [2.75, 3.05) is 17.6 Å². The van der Waals surface area contributed by atoms with Crippen LogP contribution in [0.1, 0.15) is 57.8 Å². The molecule has 0 bridgehead atoms. The molecule has 1 aromatic rings. The van der Waals surface area contributed by atoms with Crippen molar-refractivity contribution in [3.8, 4) is 0 Å². The summed E-state index contributed by atoms with van der Waals surface area (Å²) >= 11 is 0. The second-order valence-corrected chi connectivity index (χ2v) is 7.88. The average Bonchev–Trinajstić information content (AvgIpc) is 3.25. The Hall–Kier alpha value is -1.32. The first-order valence-electron chi connectivity index (χ1n) is 8.24. The quantitative estimate of drug-likeness (QED) is 0.870.